The van der Waals surface area contributed by atoms with Gasteiger partial charge in [0.1, 0.15) is 6.54 Å². The third-order valence-electron chi connectivity index (χ3n) is 6.00. The second kappa shape index (κ2) is 10.8. The van der Waals surface area contributed by atoms with Gasteiger partial charge in [0.25, 0.3) is 10.0 Å². The molecule has 0 aliphatic carbocycles. The summed E-state index contributed by atoms with van der Waals surface area (Å²) in [5.41, 5.74) is 4.65. The Kier molecular flexibility index (Phi) is 8.07. The summed E-state index contributed by atoms with van der Waals surface area (Å²) in [6.07, 6.45) is 0. The highest BCUT2D eigenvalue weighted by atomic mass is 32.2. The van der Waals surface area contributed by atoms with Crippen LogP contribution in [0.4, 0.5) is 5.69 Å². The minimum absolute atomic E-state index is 0.0839. The SMILES string of the molecule is COc1ccc(N(CC(=O)N[C@H](C)c2cc(C)c(C)cc2C)S(=O)(=O)c2ccccc2)cc1OC. The van der Waals surface area contributed by atoms with Gasteiger partial charge in [-0.05, 0) is 74.2 Å². The van der Waals surface area contributed by atoms with Gasteiger partial charge in [-0.1, -0.05) is 30.3 Å². The zero-order valence-corrected chi connectivity index (χ0v) is 21.8. The summed E-state index contributed by atoms with van der Waals surface area (Å²) in [6.45, 7) is 7.56. The number of nitrogens with one attached hydrogen (secondary N) is 1. The van der Waals surface area contributed by atoms with Crippen LogP contribution in [0.25, 0.3) is 0 Å². The molecule has 0 aromatic heterocycles. The first-order valence-electron chi connectivity index (χ1n) is 11.3. The fourth-order valence-corrected chi connectivity index (χ4v) is 5.39. The highest BCUT2D eigenvalue weighted by molar-refractivity contribution is 7.92. The quantitative estimate of drug-likeness (QED) is 0.464. The number of carbonyl (C=O) groups is 1. The molecular formula is C27H32N2O5S. The highest BCUT2D eigenvalue weighted by Gasteiger charge is 2.28. The first kappa shape index (κ1) is 26.1. The lowest BCUT2D eigenvalue weighted by atomic mass is 9.96. The molecule has 0 spiro atoms. The molecule has 7 nitrogen and oxygen atoms in total. The van der Waals surface area contributed by atoms with Gasteiger partial charge in [0.2, 0.25) is 5.91 Å². The van der Waals surface area contributed by atoms with Crippen molar-refractivity contribution in [2.24, 2.45) is 0 Å². The summed E-state index contributed by atoms with van der Waals surface area (Å²) >= 11 is 0. The van der Waals surface area contributed by atoms with Gasteiger partial charge in [0.15, 0.2) is 11.5 Å². The molecule has 35 heavy (non-hydrogen) atoms. The van der Waals surface area contributed by atoms with Gasteiger partial charge in [-0.3, -0.25) is 9.10 Å². The number of nitrogens with zero attached hydrogens (tertiary/aromatic N) is 1. The van der Waals surface area contributed by atoms with Crippen molar-refractivity contribution < 1.29 is 22.7 Å². The average Bonchev–Trinajstić information content (AvgIpc) is 2.84. The van der Waals surface area contributed by atoms with Crippen molar-refractivity contribution in [1.82, 2.24) is 5.32 Å². The van der Waals surface area contributed by atoms with E-state index in [9.17, 15) is 13.2 Å². The Bertz CT molecular complexity index is 1310. The molecule has 0 saturated carbocycles. The molecule has 0 heterocycles. The Morgan fingerprint density at radius 1 is 0.886 bits per heavy atom. The number of hydrogen-bond acceptors (Lipinski definition) is 5. The van der Waals surface area contributed by atoms with E-state index in [0.717, 1.165) is 21.0 Å². The van der Waals surface area contributed by atoms with Crippen molar-refractivity contribution in [1.29, 1.82) is 0 Å². The number of methoxy groups -OCH3 is 2. The second-order valence-electron chi connectivity index (χ2n) is 8.45. The van der Waals surface area contributed by atoms with E-state index in [1.54, 1.807) is 36.4 Å². The number of sulfonamides is 1. The van der Waals surface area contributed by atoms with Crippen LogP contribution in [0.15, 0.2) is 65.6 Å². The van der Waals surface area contributed by atoms with Crippen molar-refractivity contribution in [2.45, 2.75) is 38.6 Å². The highest BCUT2D eigenvalue weighted by Crippen LogP contribution is 2.34. The van der Waals surface area contributed by atoms with Crippen LogP contribution in [0.2, 0.25) is 0 Å². The number of ether oxygens (including phenoxy) is 2. The van der Waals surface area contributed by atoms with Gasteiger partial charge >= 0.3 is 0 Å². The molecule has 0 bridgehead atoms. The molecule has 8 heteroatoms. The fraction of sp³-hybridized carbons (Fsp3) is 0.296. The molecule has 1 amide bonds. The zero-order valence-electron chi connectivity index (χ0n) is 21.0. The van der Waals surface area contributed by atoms with Crippen LogP contribution in [0.1, 0.15) is 35.2 Å². The molecular weight excluding hydrogens is 464 g/mol. The van der Waals surface area contributed by atoms with Crippen LogP contribution >= 0.6 is 0 Å². The van der Waals surface area contributed by atoms with Crippen LogP contribution in [0, 0.1) is 20.8 Å². The smallest absolute Gasteiger partial charge is 0.264 e. The average molecular weight is 497 g/mol. The summed E-state index contributed by atoms with van der Waals surface area (Å²) in [5.74, 6) is 0.388. The minimum atomic E-state index is -4.04. The second-order valence-corrected chi connectivity index (χ2v) is 10.3. The Labute approximate surface area is 207 Å². The van der Waals surface area contributed by atoms with Gasteiger partial charge in [0.05, 0.1) is 30.8 Å². The first-order chi connectivity index (χ1) is 16.6. The molecule has 1 N–H and O–H groups in total. The molecule has 3 rings (SSSR count). The third-order valence-corrected chi connectivity index (χ3v) is 7.79. The van der Waals surface area contributed by atoms with Gasteiger partial charge in [0, 0.05) is 6.07 Å². The van der Waals surface area contributed by atoms with Crippen molar-refractivity contribution in [3.05, 3.63) is 82.9 Å². The maximum atomic E-state index is 13.6. The number of rotatable bonds is 9. The monoisotopic (exact) mass is 496 g/mol. The fourth-order valence-electron chi connectivity index (χ4n) is 3.96. The van der Waals surface area contributed by atoms with E-state index >= 15 is 0 Å². The molecule has 3 aromatic rings. The largest absolute Gasteiger partial charge is 0.493 e. The van der Waals surface area contributed by atoms with E-state index in [-0.39, 0.29) is 16.6 Å². The minimum Gasteiger partial charge on any atom is -0.493 e. The van der Waals surface area contributed by atoms with Gasteiger partial charge < -0.3 is 14.8 Å². The van der Waals surface area contributed by atoms with Crippen LogP contribution in [-0.4, -0.2) is 35.1 Å². The van der Waals surface area contributed by atoms with E-state index in [4.69, 9.17) is 9.47 Å². The maximum Gasteiger partial charge on any atom is 0.264 e. The standard InChI is InChI=1S/C27H32N2O5S/c1-18-14-20(3)24(15-19(18)2)21(4)28-27(30)17-29(35(31,32)23-10-8-7-9-11-23)22-12-13-25(33-5)26(16-22)34-6/h7-16,21H,17H2,1-6H3,(H,28,30)/t21-/m1/s1. The topological polar surface area (TPSA) is 84.9 Å². The Morgan fingerprint density at radius 2 is 1.51 bits per heavy atom. The maximum absolute atomic E-state index is 13.6. The van der Waals surface area contributed by atoms with Crippen LogP contribution < -0.4 is 19.1 Å². The Hall–Kier alpha value is -3.52. The van der Waals surface area contributed by atoms with E-state index in [1.165, 1.54) is 31.9 Å². The molecule has 0 fully saturated rings. The third kappa shape index (κ3) is 5.77. The van der Waals surface area contributed by atoms with Gasteiger partial charge in [-0.15, -0.1) is 0 Å². The van der Waals surface area contributed by atoms with Crippen molar-refractivity contribution in [3.63, 3.8) is 0 Å². The summed E-state index contributed by atoms with van der Waals surface area (Å²) in [6, 6.07) is 16.6. The number of benzene rings is 3. The molecule has 186 valence electrons. The molecule has 1 atom stereocenters. The summed E-state index contributed by atoms with van der Waals surface area (Å²) in [7, 11) is -1.07. The van der Waals surface area contributed by atoms with Crippen LogP contribution in [-0.2, 0) is 14.8 Å². The lowest BCUT2D eigenvalue weighted by molar-refractivity contribution is -0.120. The number of hydrogen-bond donors (Lipinski definition) is 1. The number of anilines is 1. The zero-order chi connectivity index (χ0) is 25.8. The van der Waals surface area contributed by atoms with Gasteiger partial charge in [-0.2, -0.15) is 0 Å². The summed E-state index contributed by atoms with van der Waals surface area (Å²) in [5, 5.41) is 2.96. The molecule has 0 aliphatic heterocycles. The lowest BCUT2D eigenvalue weighted by Gasteiger charge is -2.26. The van der Waals surface area contributed by atoms with E-state index < -0.39 is 22.5 Å². The summed E-state index contributed by atoms with van der Waals surface area (Å²) < 4.78 is 38.9. The number of aryl methyl sites for hydroxylation is 3. The van der Waals surface area contributed by atoms with E-state index in [1.807, 2.05) is 27.7 Å². The predicted molar refractivity (Wildman–Crippen MR) is 138 cm³/mol. The van der Waals surface area contributed by atoms with E-state index in [0.29, 0.717) is 11.5 Å². The number of amides is 1. The molecule has 0 unspecified atom stereocenters. The normalized spacial score (nSPS) is 12.1. The van der Waals surface area contributed by atoms with Crippen molar-refractivity contribution >= 4 is 21.6 Å². The predicted octanol–water partition coefficient (Wildman–Crippen LogP) is 4.70. The van der Waals surface area contributed by atoms with Crippen LogP contribution in [0.3, 0.4) is 0 Å². The Balaban J connectivity index is 1.96. The van der Waals surface area contributed by atoms with Gasteiger partial charge in [-0.25, -0.2) is 8.42 Å². The summed E-state index contributed by atoms with van der Waals surface area (Å²) in [4.78, 5) is 13.2. The Morgan fingerprint density at radius 3 is 2.14 bits per heavy atom. The first-order valence-corrected chi connectivity index (χ1v) is 12.7. The lowest BCUT2D eigenvalue weighted by Crippen LogP contribution is -2.41. The van der Waals surface area contributed by atoms with Crippen LogP contribution in [0.5, 0.6) is 11.5 Å². The molecule has 3 aromatic carbocycles. The molecule has 0 aliphatic rings. The van der Waals surface area contributed by atoms with E-state index in [2.05, 4.69) is 17.4 Å². The number of carbonyl (C=O) groups excluding carboxylic acids is 1. The molecule has 0 radical (unpaired) electrons. The molecule has 0 saturated heterocycles. The van der Waals surface area contributed by atoms with Crippen molar-refractivity contribution in [3.8, 4) is 11.5 Å². The van der Waals surface area contributed by atoms with Crippen molar-refractivity contribution in [2.75, 3.05) is 25.1 Å².